The number of hydrogen-bond donors (Lipinski definition) is 1. The molecule has 1 aliphatic carbocycles. The van der Waals surface area contributed by atoms with Gasteiger partial charge in [0.25, 0.3) is 0 Å². The molecule has 2 aliphatic rings. The first-order chi connectivity index (χ1) is 26.2. The van der Waals surface area contributed by atoms with E-state index in [0.29, 0.717) is 57.2 Å². The van der Waals surface area contributed by atoms with Crippen LogP contribution in [0.4, 0.5) is 0 Å². The molecule has 7 rings (SSSR count). The van der Waals surface area contributed by atoms with Gasteiger partial charge in [0.05, 0.1) is 62.8 Å². The van der Waals surface area contributed by atoms with Gasteiger partial charge in [-0.15, -0.1) is 0 Å². The Morgan fingerprint density at radius 1 is 0.611 bits per heavy atom. The summed E-state index contributed by atoms with van der Waals surface area (Å²) >= 11 is 0. The van der Waals surface area contributed by atoms with E-state index in [0.717, 1.165) is 33.4 Å². The molecule has 0 atom stereocenters. The number of ketones is 1. The molecule has 0 amide bonds. The molecule has 270 valence electrons. The molecule has 1 aliphatic heterocycles. The molecule has 1 aromatic heterocycles. The average molecular weight is 720 g/mol. The van der Waals surface area contributed by atoms with Gasteiger partial charge in [-0.2, -0.15) is 0 Å². The molecule has 0 saturated carbocycles. The molecular formula is C46H39O8+. The van der Waals surface area contributed by atoms with E-state index < -0.39 is 0 Å². The highest BCUT2D eigenvalue weighted by Crippen LogP contribution is 2.40. The molecule has 54 heavy (non-hydrogen) atoms. The molecule has 8 heteroatoms. The Balaban J connectivity index is 1.31. The maximum atomic E-state index is 13.8. The van der Waals surface area contributed by atoms with Gasteiger partial charge in [-0.1, -0.05) is 42.5 Å². The summed E-state index contributed by atoms with van der Waals surface area (Å²) in [6.45, 7) is 4.02. The van der Waals surface area contributed by atoms with E-state index >= 15 is 0 Å². The van der Waals surface area contributed by atoms with E-state index in [4.69, 9.17) is 28.1 Å². The number of carbonyl (C=O) groups is 1. The Hall–Kier alpha value is -6.80. The maximum absolute atomic E-state index is 13.8. The van der Waals surface area contributed by atoms with Crippen molar-refractivity contribution in [1.82, 2.24) is 0 Å². The second-order valence-corrected chi connectivity index (χ2v) is 12.8. The first-order valence-electron chi connectivity index (χ1n) is 17.3. The fraction of sp³-hybridized carbons (Fsp3) is 0.130. The lowest BCUT2D eigenvalue weighted by molar-refractivity contribution is -0.113. The summed E-state index contributed by atoms with van der Waals surface area (Å²) in [6.07, 6.45) is 7.07. The number of rotatable bonds is 10. The van der Waals surface area contributed by atoms with Crippen LogP contribution in [-0.2, 0) is 9.53 Å². The molecule has 1 N–H and O–H groups in total. The molecule has 2 heterocycles. The largest absolute Gasteiger partial charge is 0.506 e. The zero-order chi connectivity index (χ0) is 37.9. The van der Waals surface area contributed by atoms with Gasteiger partial charge in [0.1, 0.15) is 17.3 Å². The number of methoxy groups -OCH3 is 4. The lowest BCUT2D eigenvalue weighted by Gasteiger charge is -2.22. The third kappa shape index (κ3) is 6.89. The van der Waals surface area contributed by atoms with Crippen LogP contribution < -0.4 is 18.9 Å². The lowest BCUT2D eigenvalue weighted by atomic mass is 9.85. The number of carbonyl (C=O) groups excluding carboxylic acids is 1. The molecule has 0 spiro atoms. The van der Waals surface area contributed by atoms with Gasteiger partial charge in [-0.25, -0.2) is 4.42 Å². The van der Waals surface area contributed by atoms with Gasteiger partial charge < -0.3 is 28.8 Å². The summed E-state index contributed by atoms with van der Waals surface area (Å²) in [5.41, 5.74) is 7.09. The summed E-state index contributed by atoms with van der Waals surface area (Å²) in [5, 5.41) is 11.4. The second-order valence-electron chi connectivity index (χ2n) is 12.8. The predicted molar refractivity (Wildman–Crippen MR) is 210 cm³/mol. The van der Waals surface area contributed by atoms with Crippen LogP contribution in [0.5, 0.6) is 23.0 Å². The van der Waals surface area contributed by atoms with Crippen LogP contribution in [0.15, 0.2) is 142 Å². The highest BCUT2D eigenvalue weighted by Gasteiger charge is 2.33. The molecule has 0 bridgehead atoms. The number of benzene rings is 4. The van der Waals surface area contributed by atoms with E-state index in [1.807, 2.05) is 123 Å². The van der Waals surface area contributed by atoms with Gasteiger partial charge in [-0.3, -0.25) is 4.79 Å². The van der Waals surface area contributed by atoms with E-state index in [1.54, 1.807) is 40.6 Å². The highest BCUT2D eigenvalue weighted by atomic mass is 16.5. The van der Waals surface area contributed by atoms with Gasteiger partial charge in [0, 0.05) is 17.2 Å². The third-order valence-corrected chi connectivity index (χ3v) is 9.41. The monoisotopic (exact) mass is 719 g/mol. The van der Waals surface area contributed by atoms with E-state index in [9.17, 15) is 9.90 Å². The SMILES string of the molecule is COc1ccc(C2=CC(=CC3=C(O)C(=Cc4cc(-c5ccc(OC)c(OC)c5)[o+]c(-c5ccccc5C)c4)C3=O)C=C(c3ccccc3C)O2)cc1OC. The van der Waals surface area contributed by atoms with Crippen molar-refractivity contribution in [2.75, 3.05) is 28.4 Å². The molecule has 8 nitrogen and oxygen atoms in total. The molecule has 0 unspecified atom stereocenters. The zero-order valence-corrected chi connectivity index (χ0v) is 30.9. The molecule has 0 radical (unpaired) electrons. The smallest absolute Gasteiger partial charge is 0.361 e. The Kier molecular flexibility index (Phi) is 9.92. The van der Waals surface area contributed by atoms with Gasteiger partial charge >= 0.3 is 11.5 Å². The van der Waals surface area contributed by atoms with Crippen molar-refractivity contribution < 1.29 is 38.0 Å². The number of aryl methyl sites for hydroxylation is 2. The number of Topliss-reactive ketones (excluding diaryl/α,β-unsaturated/α-hetero) is 1. The summed E-state index contributed by atoms with van der Waals surface area (Å²) in [5.74, 6) is 4.20. The normalized spacial score (nSPS) is 15.3. The first kappa shape index (κ1) is 35.6. The Labute approximate surface area is 314 Å². The van der Waals surface area contributed by atoms with Crippen molar-refractivity contribution in [3.8, 4) is 45.6 Å². The fourth-order valence-electron chi connectivity index (χ4n) is 6.48. The van der Waals surface area contributed by atoms with E-state index in [2.05, 4.69) is 0 Å². The number of hydrogen-bond acceptors (Lipinski definition) is 7. The van der Waals surface area contributed by atoms with E-state index in [-0.39, 0.29) is 22.7 Å². The van der Waals surface area contributed by atoms with Crippen LogP contribution in [0.3, 0.4) is 0 Å². The van der Waals surface area contributed by atoms with Crippen molar-refractivity contribution in [3.05, 3.63) is 166 Å². The fourth-order valence-corrected chi connectivity index (χ4v) is 6.48. The van der Waals surface area contributed by atoms with Crippen molar-refractivity contribution in [3.63, 3.8) is 0 Å². The summed E-state index contributed by atoms with van der Waals surface area (Å²) in [4.78, 5) is 13.8. The van der Waals surface area contributed by atoms with Crippen LogP contribution in [0.25, 0.3) is 40.2 Å². The number of aliphatic hydroxyl groups is 1. The molecular weight excluding hydrogens is 680 g/mol. The number of aliphatic hydroxyl groups excluding tert-OH is 1. The maximum Gasteiger partial charge on any atom is 0.361 e. The molecule has 0 fully saturated rings. The topological polar surface area (TPSA) is 94.8 Å². The van der Waals surface area contributed by atoms with Gasteiger partial charge in [0.2, 0.25) is 5.78 Å². The molecule has 4 aromatic carbocycles. The van der Waals surface area contributed by atoms with Crippen molar-refractivity contribution in [2.45, 2.75) is 13.8 Å². The van der Waals surface area contributed by atoms with Crippen molar-refractivity contribution in [1.29, 1.82) is 0 Å². The zero-order valence-electron chi connectivity index (χ0n) is 30.9. The summed E-state index contributed by atoms with van der Waals surface area (Å²) in [6, 6.07) is 30.6. The van der Waals surface area contributed by atoms with Gasteiger partial charge in [-0.05, 0) is 96.8 Å². The minimum Gasteiger partial charge on any atom is -0.506 e. The average Bonchev–Trinajstić information content (AvgIpc) is 3.21. The predicted octanol–water partition coefficient (Wildman–Crippen LogP) is 10.4. The van der Waals surface area contributed by atoms with Gasteiger partial charge in [0.15, 0.2) is 23.0 Å². The Morgan fingerprint density at radius 3 is 1.78 bits per heavy atom. The van der Waals surface area contributed by atoms with E-state index in [1.165, 1.54) is 0 Å². The van der Waals surface area contributed by atoms with Crippen molar-refractivity contribution >= 4 is 23.4 Å². The quantitative estimate of drug-likeness (QED) is 0.113. The Morgan fingerprint density at radius 2 is 1.17 bits per heavy atom. The van der Waals surface area contributed by atoms with Crippen molar-refractivity contribution in [2.24, 2.45) is 0 Å². The first-order valence-corrected chi connectivity index (χ1v) is 17.3. The number of ether oxygens (including phenoxy) is 5. The highest BCUT2D eigenvalue weighted by molar-refractivity contribution is 6.23. The van der Waals surface area contributed by atoms with Crippen LogP contribution in [0.1, 0.15) is 27.8 Å². The molecule has 5 aromatic rings. The Bertz CT molecular complexity index is 2460. The minimum atomic E-state index is -0.288. The second kappa shape index (κ2) is 15.0. The molecule has 0 saturated heterocycles. The third-order valence-electron chi connectivity index (χ3n) is 9.41. The van der Waals surface area contributed by atoms with Crippen LogP contribution in [0, 0.1) is 13.8 Å². The standard InChI is InChI=1S/C46H38O8/c1-27-11-7-9-13-33(27)41-23-29(21-39(53-41)31-15-17-37(49-3)43(25-31)51-5)19-35-45(47)36(46(35)48)20-30-22-40(32-16-18-38(50-4)44(26-32)52-6)54-42(24-30)34-14-10-8-12-28(34)2/h7-26H,1-6H3/p+1. The van der Waals surface area contributed by atoms with Crippen LogP contribution in [-0.4, -0.2) is 39.3 Å². The lowest BCUT2D eigenvalue weighted by Crippen LogP contribution is -2.21. The number of allylic oxidation sites excluding steroid dienone is 6. The van der Waals surface area contributed by atoms with Crippen LogP contribution in [0.2, 0.25) is 0 Å². The van der Waals surface area contributed by atoms with Crippen LogP contribution >= 0.6 is 0 Å². The minimum absolute atomic E-state index is 0.100. The summed E-state index contributed by atoms with van der Waals surface area (Å²) < 4.78 is 34.9. The summed E-state index contributed by atoms with van der Waals surface area (Å²) in [7, 11) is 6.32.